The first-order valence-electron chi connectivity index (χ1n) is 6.54. The molecule has 5 nitrogen and oxygen atoms in total. The lowest BCUT2D eigenvalue weighted by Gasteiger charge is -2.05. The van der Waals surface area contributed by atoms with Gasteiger partial charge in [-0.05, 0) is 32.2 Å². The van der Waals surface area contributed by atoms with Gasteiger partial charge in [0.2, 0.25) is 5.89 Å². The molecule has 0 fully saturated rings. The van der Waals surface area contributed by atoms with Gasteiger partial charge in [-0.15, -0.1) is 12.4 Å². The summed E-state index contributed by atoms with van der Waals surface area (Å²) in [6, 6.07) is 8.06. The number of nitrogens with zero attached hydrogens (tertiary/aromatic N) is 2. The molecule has 1 aromatic heterocycles. The Hall–Kier alpha value is -1.11. The summed E-state index contributed by atoms with van der Waals surface area (Å²) in [5, 5.41) is 7.10. The van der Waals surface area contributed by atoms with Gasteiger partial charge in [0.05, 0.1) is 13.0 Å². The molecule has 0 aliphatic rings. The van der Waals surface area contributed by atoms with Crippen LogP contribution >= 0.6 is 28.3 Å². The van der Waals surface area contributed by atoms with Crippen molar-refractivity contribution in [3.8, 4) is 5.75 Å². The van der Waals surface area contributed by atoms with Gasteiger partial charge in [-0.25, -0.2) is 0 Å². The molecule has 1 unspecified atom stereocenters. The molecule has 2 aromatic rings. The number of aromatic nitrogens is 2. The normalized spacial score (nSPS) is 11.8. The fourth-order valence-electron chi connectivity index (χ4n) is 1.66. The van der Waals surface area contributed by atoms with Gasteiger partial charge in [-0.3, -0.25) is 0 Å². The highest BCUT2D eigenvalue weighted by Crippen LogP contribution is 2.17. The van der Waals surface area contributed by atoms with E-state index in [-0.39, 0.29) is 12.4 Å². The number of benzene rings is 1. The van der Waals surface area contributed by atoms with E-state index in [4.69, 9.17) is 9.26 Å². The molecular weight excluding hydrogens is 358 g/mol. The summed E-state index contributed by atoms with van der Waals surface area (Å²) in [6.07, 6.45) is 1.36. The molecule has 0 spiro atoms. The van der Waals surface area contributed by atoms with E-state index in [9.17, 15) is 0 Å². The molecule has 0 aliphatic heterocycles. The molecule has 21 heavy (non-hydrogen) atoms. The van der Waals surface area contributed by atoms with E-state index in [1.54, 1.807) is 0 Å². The molecule has 0 saturated heterocycles. The summed E-state index contributed by atoms with van der Waals surface area (Å²) in [6.45, 7) is 2.59. The van der Waals surface area contributed by atoms with E-state index in [0.717, 1.165) is 22.5 Å². The van der Waals surface area contributed by atoms with Crippen molar-refractivity contribution in [2.24, 2.45) is 0 Å². The minimum Gasteiger partial charge on any atom is -0.493 e. The van der Waals surface area contributed by atoms with Crippen molar-refractivity contribution in [2.45, 2.75) is 25.8 Å². The van der Waals surface area contributed by atoms with Gasteiger partial charge in [0.25, 0.3) is 0 Å². The van der Waals surface area contributed by atoms with Crippen LogP contribution in [0.5, 0.6) is 5.75 Å². The molecule has 0 bridgehead atoms. The van der Waals surface area contributed by atoms with E-state index in [2.05, 4.69) is 38.3 Å². The molecule has 1 heterocycles. The Balaban J connectivity index is 0.00000220. The third-order valence-corrected chi connectivity index (χ3v) is 3.37. The van der Waals surface area contributed by atoms with Crippen LogP contribution in [0.25, 0.3) is 0 Å². The lowest BCUT2D eigenvalue weighted by atomic mass is 10.2. The van der Waals surface area contributed by atoms with Gasteiger partial charge in [0.1, 0.15) is 5.75 Å². The Kier molecular flexibility index (Phi) is 7.71. The van der Waals surface area contributed by atoms with Crippen LogP contribution in [0.3, 0.4) is 0 Å². The first-order chi connectivity index (χ1) is 9.67. The number of likely N-dealkylation sites (N-methyl/N-ethyl adjacent to an activating group) is 1. The molecule has 1 atom stereocenters. The molecule has 7 heteroatoms. The van der Waals surface area contributed by atoms with E-state index in [0.29, 0.717) is 25.0 Å². The zero-order chi connectivity index (χ0) is 14.4. The van der Waals surface area contributed by atoms with Crippen LogP contribution in [0, 0.1) is 0 Å². The minimum atomic E-state index is 0. The predicted octanol–water partition coefficient (Wildman–Crippen LogP) is 3.03. The lowest BCUT2D eigenvalue weighted by Crippen LogP contribution is -2.24. The van der Waals surface area contributed by atoms with Crippen molar-refractivity contribution < 1.29 is 9.26 Å². The predicted molar refractivity (Wildman–Crippen MR) is 87.1 cm³/mol. The maximum absolute atomic E-state index is 5.63. The topological polar surface area (TPSA) is 60.2 Å². The largest absolute Gasteiger partial charge is 0.493 e. The van der Waals surface area contributed by atoms with Gasteiger partial charge < -0.3 is 14.6 Å². The highest BCUT2D eigenvalue weighted by molar-refractivity contribution is 9.10. The van der Waals surface area contributed by atoms with Crippen molar-refractivity contribution >= 4 is 28.3 Å². The zero-order valence-corrected chi connectivity index (χ0v) is 14.4. The Labute approximate surface area is 139 Å². The third kappa shape index (κ3) is 6.03. The lowest BCUT2D eigenvalue weighted by molar-refractivity contribution is 0.291. The highest BCUT2D eigenvalue weighted by atomic mass is 79.9. The smallest absolute Gasteiger partial charge is 0.230 e. The zero-order valence-electron chi connectivity index (χ0n) is 12.0. The molecular formula is C14H19BrClN3O2. The van der Waals surface area contributed by atoms with Crippen molar-refractivity contribution in [1.82, 2.24) is 15.5 Å². The van der Waals surface area contributed by atoms with Gasteiger partial charge in [-0.2, -0.15) is 4.98 Å². The summed E-state index contributed by atoms with van der Waals surface area (Å²) in [7, 11) is 1.91. The number of nitrogens with one attached hydrogen (secondary N) is 1. The van der Waals surface area contributed by atoms with Crippen LogP contribution in [-0.2, 0) is 12.8 Å². The van der Waals surface area contributed by atoms with Crippen molar-refractivity contribution in [3.63, 3.8) is 0 Å². The van der Waals surface area contributed by atoms with E-state index in [1.165, 1.54) is 0 Å². The second kappa shape index (κ2) is 9.02. The number of ether oxygens (including phenoxy) is 1. The number of hydrogen-bond acceptors (Lipinski definition) is 5. The quantitative estimate of drug-likeness (QED) is 0.805. The Morgan fingerprint density at radius 1 is 1.43 bits per heavy atom. The van der Waals surface area contributed by atoms with Gasteiger partial charge in [0.15, 0.2) is 5.82 Å². The highest BCUT2D eigenvalue weighted by Gasteiger charge is 2.09. The second-order valence-corrected chi connectivity index (χ2v) is 5.47. The Morgan fingerprint density at radius 2 is 2.24 bits per heavy atom. The number of halogens is 2. The number of rotatable bonds is 7. The van der Waals surface area contributed by atoms with E-state index >= 15 is 0 Å². The van der Waals surface area contributed by atoms with Crippen LogP contribution in [0.4, 0.5) is 0 Å². The number of hydrogen-bond donors (Lipinski definition) is 1. The standard InChI is InChI=1S/C14H18BrN3O2.ClH/c1-10(16-2)8-13-17-14(20-18-13)6-7-19-12-5-3-4-11(15)9-12;/h3-5,9-10,16H,6-8H2,1-2H3;1H. The molecule has 0 aliphatic carbocycles. The average molecular weight is 377 g/mol. The monoisotopic (exact) mass is 375 g/mol. The first-order valence-corrected chi connectivity index (χ1v) is 7.34. The van der Waals surface area contributed by atoms with Crippen LogP contribution in [-0.4, -0.2) is 29.8 Å². The van der Waals surface area contributed by atoms with E-state index in [1.807, 2.05) is 31.3 Å². The van der Waals surface area contributed by atoms with Crippen molar-refractivity contribution in [3.05, 3.63) is 40.5 Å². The van der Waals surface area contributed by atoms with Crippen LogP contribution < -0.4 is 10.1 Å². The van der Waals surface area contributed by atoms with Crippen LogP contribution in [0.15, 0.2) is 33.3 Å². The fourth-order valence-corrected chi connectivity index (χ4v) is 2.04. The summed E-state index contributed by atoms with van der Waals surface area (Å²) < 4.78 is 11.8. The summed E-state index contributed by atoms with van der Waals surface area (Å²) in [4.78, 5) is 4.34. The van der Waals surface area contributed by atoms with Gasteiger partial charge in [-0.1, -0.05) is 27.2 Å². The average Bonchev–Trinajstić information content (AvgIpc) is 2.86. The van der Waals surface area contributed by atoms with Crippen molar-refractivity contribution in [1.29, 1.82) is 0 Å². The SMILES string of the molecule is CNC(C)Cc1noc(CCOc2cccc(Br)c2)n1.Cl. The van der Waals surface area contributed by atoms with Crippen LogP contribution in [0.2, 0.25) is 0 Å². The first kappa shape index (κ1) is 17.9. The Bertz CT molecular complexity index is 551. The third-order valence-electron chi connectivity index (χ3n) is 2.87. The molecule has 0 saturated carbocycles. The maximum Gasteiger partial charge on any atom is 0.230 e. The van der Waals surface area contributed by atoms with Gasteiger partial charge in [0, 0.05) is 16.9 Å². The van der Waals surface area contributed by atoms with Gasteiger partial charge >= 0.3 is 0 Å². The molecule has 0 radical (unpaired) electrons. The van der Waals surface area contributed by atoms with Crippen molar-refractivity contribution in [2.75, 3.05) is 13.7 Å². The fraction of sp³-hybridized carbons (Fsp3) is 0.429. The second-order valence-electron chi connectivity index (χ2n) is 4.55. The molecule has 1 N–H and O–H groups in total. The molecule has 1 aromatic carbocycles. The summed E-state index contributed by atoms with van der Waals surface area (Å²) in [5.41, 5.74) is 0. The summed E-state index contributed by atoms with van der Waals surface area (Å²) >= 11 is 3.41. The maximum atomic E-state index is 5.63. The summed E-state index contributed by atoms with van der Waals surface area (Å²) in [5.74, 6) is 2.16. The minimum absolute atomic E-state index is 0. The van der Waals surface area contributed by atoms with Crippen LogP contribution in [0.1, 0.15) is 18.6 Å². The molecule has 116 valence electrons. The molecule has 0 amide bonds. The van der Waals surface area contributed by atoms with E-state index < -0.39 is 0 Å². The molecule has 2 rings (SSSR count). The Morgan fingerprint density at radius 3 is 2.95 bits per heavy atom.